The van der Waals surface area contributed by atoms with Crippen LogP contribution in [0.4, 0.5) is 14.6 Å². The predicted molar refractivity (Wildman–Crippen MR) is 69.6 cm³/mol. The summed E-state index contributed by atoms with van der Waals surface area (Å²) in [6.45, 7) is 1.94. The Balaban J connectivity index is 1.95. The van der Waals surface area contributed by atoms with Crippen molar-refractivity contribution >= 4 is 16.9 Å². The molecule has 102 valence electrons. The van der Waals surface area contributed by atoms with Crippen molar-refractivity contribution in [1.82, 2.24) is 9.97 Å². The summed E-state index contributed by atoms with van der Waals surface area (Å²) < 4.78 is 28.5. The molecule has 0 aliphatic rings. The Morgan fingerprint density at radius 3 is 2.58 bits per heavy atom. The van der Waals surface area contributed by atoms with Crippen molar-refractivity contribution in [2.75, 3.05) is 25.1 Å². The third kappa shape index (κ3) is 3.82. The molecule has 0 amide bonds. The second-order valence-corrected chi connectivity index (χ2v) is 4.04. The van der Waals surface area contributed by atoms with Crippen LogP contribution in [-0.2, 0) is 4.74 Å². The van der Waals surface area contributed by atoms with Crippen LogP contribution in [-0.4, -0.2) is 36.2 Å². The van der Waals surface area contributed by atoms with Crippen LogP contribution in [0.25, 0.3) is 11.0 Å². The number of nitrogens with zero attached hydrogens (tertiary/aromatic N) is 2. The van der Waals surface area contributed by atoms with Crippen molar-refractivity contribution in [2.45, 2.75) is 13.3 Å². The number of anilines is 1. The van der Waals surface area contributed by atoms with Crippen molar-refractivity contribution in [2.24, 2.45) is 0 Å². The first kappa shape index (κ1) is 13.6. The SMILES string of the molecule is Cc1nc2ccccc2nc1NCCOCC(F)F. The van der Waals surface area contributed by atoms with Gasteiger partial charge < -0.3 is 10.1 Å². The van der Waals surface area contributed by atoms with Crippen molar-refractivity contribution in [1.29, 1.82) is 0 Å². The van der Waals surface area contributed by atoms with Gasteiger partial charge in [0.1, 0.15) is 12.4 Å². The monoisotopic (exact) mass is 267 g/mol. The minimum Gasteiger partial charge on any atom is -0.374 e. The van der Waals surface area contributed by atoms with E-state index in [1.807, 2.05) is 31.2 Å². The summed E-state index contributed by atoms with van der Waals surface area (Å²) in [4.78, 5) is 8.85. The summed E-state index contributed by atoms with van der Waals surface area (Å²) in [5.41, 5.74) is 2.40. The summed E-state index contributed by atoms with van der Waals surface area (Å²) in [5.74, 6) is 0.652. The van der Waals surface area contributed by atoms with E-state index in [0.29, 0.717) is 12.4 Å². The number of alkyl halides is 2. The van der Waals surface area contributed by atoms with Gasteiger partial charge >= 0.3 is 0 Å². The summed E-state index contributed by atoms with van der Waals surface area (Å²) in [7, 11) is 0. The lowest BCUT2D eigenvalue weighted by molar-refractivity contribution is 0.0214. The second-order valence-electron chi connectivity index (χ2n) is 4.04. The zero-order valence-corrected chi connectivity index (χ0v) is 10.6. The van der Waals surface area contributed by atoms with Gasteiger partial charge in [-0.3, -0.25) is 0 Å². The molecule has 0 bridgehead atoms. The maximum absolute atomic E-state index is 11.9. The molecule has 0 unspecified atom stereocenters. The van der Waals surface area contributed by atoms with Crippen LogP contribution >= 0.6 is 0 Å². The average Bonchev–Trinajstić information content (AvgIpc) is 2.38. The standard InChI is InChI=1S/C13H15F2N3O/c1-9-13(16-6-7-19-8-12(14)15)18-11-5-3-2-4-10(11)17-9/h2-5,12H,6-8H2,1H3,(H,16,18). The molecule has 0 aliphatic heterocycles. The fourth-order valence-electron chi connectivity index (χ4n) is 1.67. The summed E-state index contributed by atoms with van der Waals surface area (Å²) in [6.07, 6.45) is -2.43. The van der Waals surface area contributed by atoms with E-state index in [1.165, 1.54) is 0 Å². The van der Waals surface area contributed by atoms with Crippen LogP contribution in [0.1, 0.15) is 5.69 Å². The van der Waals surface area contributed by atoms with Gasteiger partial charge in [0.2, 0.25) is 0 Å². The Kier molecular flexibility index (Phi) is 4.57. The largest absolute Gasteiger partial charge is 0.374 e. The molecule has 0 spiro atoms. The molecule has 0 saturated carbocycles. The van der Waals surface area contributed by atoms with Crippen molar-refractivity contribution in [3.63, 3.8) is 0 Å². The van der Waals surface area contributed by atoms with Crippen LogP contribution in [0.15, 0.2) is 24.3 Å². The number of hydrogen-bond donors (Lipinski definition) is 1. The van der Waals surface area contributed by atoms with Gasteiger partial charge in [-0.05, 0) is 19.1 Å². The molecule has 4 nitrogen and oxygen atoms in total. The molecule has 1 aromatic carbocycles. The van der Waals surface area contributed by atoms with E-state index in [2.05, 4.69) is 15.3 Å². The van der Waals surface area contributed by atoms with Crippen LogP contribution in [0.5, 0.6) is 0 Å². The molecule has 2 rings (SSSR count). The zero-order chi connectivity index (χ0) is 13.7. The Morgan fingerprint density at radius 2 is 1.89 bits per heavy atom. The average molecular weight is 267 g/mol. The van der Waals surface area contributed by atoms with Crippen LogP contribution < -0.4 is 5.32 Å². The van der Waals surface area contributed by atoms with Gasteiger partial charge in [-0.1, -0.05) is 12.1 Å². The van der Waals surface area contributed by atoms with E-state index in [4.69, 9.17) is 4.74 Å². The second kappa shape index (κ2) is 6.38. The molecule has 19 heavy (non-hydrogen) atoms. The lowest BCUT2D eigenvalue weighted by Crippen LogP contribution is -2.14. The van der Waals surface area contributed by atoms with Crippen LogP contribution in [0.2, 0.25) is 0 Å². The van der Waals surface area contributed by atoms with E-state index in [1.54, 1.807) is 0 Å². The van der Waals surface area contributed by atoms with Gasteiger partial charge in [0, 0.05) is 6.54 Å². The number of aryl methyl sites for hydroxylation is 1. The molecule has 1 aromatic heterocycles. The normalized spacial score (nSPS) is 11.2. The number of benzene rings is 1. The fraction of sp³-hybridized carbons (Fsp3) is 0.385. The number of nitrogens with one attached hydrogen (secondary N) is 1. The number of fused-ring (bicyclic) bond motifs is 1. The molecule has 0 atom stereocenters. The molecule has 2 aromatic rings. The third-order valence-electron chi connectivity index (χ3n) is 2.53. The Hall–Kier alpha value is -1.82. The van der Waals surface area contributed by atoms with Gasteiger partial charge in [0.25, 0.3) is 6.43 Å². The third-order valence-corrected chi connectivity index (χ3v) is 2.53. The molecule has 0 fully saturated rings. The molecular weight excluding hydrogens is 252 g/mol. The number of rotatable bonds is 6. The van der Waals surface area contributed by atoms with E-state index < -0.39 is 13.0 Å². The Labute approximate surface area is 109 Å². The first-order valence-corrected chi connectivity index (χ1v) is 6.00. The van der Waals surface area contributed by atoms with E-state index in [-0.39, 0.29) is 6.61 Å². The molecule has 0 radical (unpaired) electrons. The number of halogens is 2. The first-order chi connectivity index (χ1) is 9.16. The van der Waals surface area contributed by atoms with Gasteiger partial charge in [-0.2, -0.15) is 0 Å². The highest BCUT2D eigenvalue weighted by atomic mass is 19.3. The van der Waals surface area contributed by atoms with Crippen LogP contribution in [0.3, 0.4) is 0 Å². The first-order valence-electron chi connectivity index (χ1n) is 6.00. The number of hydrogen-bond acceptors (Lipinski definition) is 4. The van der Waals surface area contributed by atoms with E-state index in [0.717, 1.165) is 16.7 Å². The maximum Gasteiger partial charge on any atom is 0.261 e. The number of para-hydroxylation sites is 2. The van der Waals surface area contributed by atoms with E-state index in [9.17, 15) is 8.78 Å². The van der Waals surface area contributed by atoms with Gasteiger partial charge in [0.05, 0.1) is 23.3 Å². The van der Waals surface area contributed by atoms with Crippen molar-refractivity contribution in [3.8, 4) is 0 Å². The highest BCUT2D eigenvalue weighted by molar-refractivity contribution is 5.76. The smallest absolute Gasteiger partial charge is 0.261 e. The number of ether oxygens (including phenoxy) is 1. The Bertz CT molecular complexity index is 548. The van der Waals surface area contributed by atoms with Gasteiger partial charge in [-0.25, -0.2) is 18.7 Å². The summed E-state index contributed by atoms with van der Waals surface area (Å²) >= 11 is 0. The summed E-state index contributed by atoms with van der Waals surface area (Å²) in [5, 5.41) is 3.04. The number of aromatic nitrogens is 2. The maximum atomic E-state index is 11.9. The Morgan fingerprint density at radius 1 is 1.21 bits per heavy atom. The van der Waals surface area contributed by atoms with E-state index >= 15 is 0 Å². The molecule has 0 saturated heterocycles. The topological polar surface area (TPSA) is 47.0 Å². The molecule has 1 heterocycles. The molecule has 6 heteroatoms. The minimum absolute atomic E-state index is 0.207. The van der Waals surface area contributed by atoms with Crippen molar-refractivity contribution < 1.29 is 13.5 Å². The highest BCUT2D eigenvalue weighted by Crippen LogP contribution is 2.15. The quantitative estimate of drug-likeness (QED) is 0.817. The fourth-order valence-corrected chi connectivity index (χ4v) is 1.67. The lowest BCUT2D eigenvalue weighted by atomic mass is 10.3. The molecule has 0 aliphatic carbocycles. The predicted octanol–water partition coefficient (Wildman–Crippen LogP) is 2.63. The highest BCUT2D eigenvalue weighted by Gasteiger charge is 2.05. The van der Waals surface area contributed by atoms with Crippen LogP contribution in [0, 0.1) is 6.92 Å². The molecular formula is C13H15F2N3O. The summed E-state index contributed by atoms with van der Waals surface area (Å²) in [6, 6.07) is 7.56. The van der Waals surface area contributed by atoms with Gasteiger partial charge in [-0.15, -0.1) is 0 Å². The lowest BCUT2D eigenvalue weighted by Gasteiger charge is -2.09. The zero-order valence-electron chi connectivity index (χ0n) is 10.6. The van der Waals surface area contributed by atoms with Crippen molar-refractivity contribution in [3.05, 3.63) is 30.0 Å². The van der Waals surface area contributed by atoms with Gasteiger partial charge in [0.15, 0.2) is 0 Å². The minimum atomic E-state index is -2.43. The molecule has 1 N–H and O–H groups in total.